The van der Waals surface area contributed by atoms with Gasteiger partial charge in [-0.15, -0.1) is 0 Å². The zero-order chi connectivity index (χ0) is 16.9. The molecule has 130 valence electrons. The molecule has 0 atom stereocenters. The molecule has 0 unspecified atom stereocenters. The standard InChI is InChI=1S/C20H27NO3/c1-15(22)21-13-11-18(12-14-21)20(23)24-19-9-7-17(8-10-19)16-5-3-2-4-6-16/h7-10,16,18H,2-6,11-14H2,1H3. The van der Waals surface area contributed by atoms with Gasteiger partial charge in [0, 0.05) is 20.0 Å². The third kappa shape index (κ3) is 4.16. The molecule has 1 saturated carbocycles. The van der Waals surface area contributed by atoms with E-state index in [0.29, 0.717) is 37.6 Å². The van der Waals surface area contributed by atoms with Crippen LogP contribution >= 0.6 is 0 Å². The summed E-state index contributed by atoms with van der Waals surface area (Å²) in [5.41, 5.74) is 1.37. The Morgan fingerprint density at radius 3 is 2.17 bits per heavy atom. The number of amides is 1. The first kappa shape index (κ1) is 17.0. The third-order valence-electron chi connectivity index (χ3n) is 5.45. The van der Waals surface area contributed by atoms with E-state index in [4.69, 9.17) is 4.74 Å². The maximum Gasteiger partial charge on any atom is 0.314 e. The lowest BCUT2D eigenvalue weighted by Crippen LogP contribution is -2.40. The molecule has 1 heterocycles. The number of benzene rings is 1. The van der Waals surface area contributed by atoms with Crippen LogP contribution in [0.25, 0.3) is 0 Å². The van der Waals surface area contributed by atoms with Crippen LogP contribution in [0.15, 0.2) is 24.3 Å². The Morgan fingerprint density at radius 2 is 1.58 bits per heavy atom. The molecule has 1 aromatic rings. The molecule has 0 bridgehead atoms. The fourth-order valence-electron chi connectivity index (χ4n) is 3.87. The van der Waals surface area contributed by atoms with Crippen LogP contribution < -0.4 is 4.74 Å². The van der Waals surface area contributed by atoms with Gasteiger partial charge in [0.1, 0.15) is 5.75 Å². The SMILES string of the molecule is CC(=O)N1CCC(C(=O)Oc2ccc(C3CCCCC3)cc2)CC1. The van der Waals surface area contributed by atoms with Crippen LogP contribution in [-0.4, -0.2) is 29.9 Å². The molecular formula is C20H27NO3. The Balaban J connectivity index is 1.52. The van der Waals surface area contributed by atoms with E-state index in [9.17, 15) is 9.59 Å². The normalized spacial score (nSPS) is 20.0. The van der Waals surface area contributed by atoms with E-state index in [0.717, 1.165) is 0 Å². The second-order valence-corrected chi connectivity index (χ2v) is 7.11. The van der Waals surface area contributed by atoms with E-state index in [1.807, 2.05) is 12.1 Å². The number of piperidine rings is 1. The lowest BCUT2D eigenvalue weighted by Gasteiger charge is -2.30. The van der Waals surface area contributed by atoms with E-state index in [1.165, 1.54) is 37.7 Å². The van der Waals surface area contributed by atoms with Gasteiger partial charge in [-0.25, -0.2) is 0 Å². The van der Waals surface area contributed by atoms with Gasteiger partial charge in [-0.1, -0.05) is 31.4 Å². The molecule has 1 saturated heterocycles. The predicted octanol–water partition coefficient (Wildman–Crippen LogP) is 3.90. The third-order valence-corrected chi connectivity index (χ3v) is 5.45. The van der Waals surface area contributed by atoms with Crippen molar-refractivity contribution < 1.29 is 14.3 Å². The van der Waals surface area contributed by atoms with Crippen molar-refractivity contribution >= 4 is 11.9 Å². The predicted molar refractivity (Wildman–Crippen MR) is 92.9 cm³/mol. The molecule has 2 fully saturated rings. The summed E-state index contributed by atoms with van der Waals surface area (Å²) in [6, 6.07) is 8.06. The molecule has 4 nitrogen and oxygen atoms in total. The molecule has 0 spiro atoms. The molecule has 1 amide bonds. The highest BCUT2D eigenvalue weighted by Crippen LogP contribution is 2.33. The second-order valence-electron chi connectivity index (χ2n) is 7.11. The lowest BCUT2D eigenvalue weighted by atomic mass is 9.84. The molecule has 0 N–H and O–H groups in total. The van der Waals surface area contributed by atoms with Crippen LogP contribution in [0.4, 0.5) is 0 Å². The van der Waals surface area contributed by atoms with Gasteiger partial charge < -0.3 is 9.64 Å². The molecule has 0 aromatic heterocycles. The highest BCUT2D eigenvalue weighted by Gasteiger charge is 2.27. The monoisotopic (exact) mass is 329 g/mol. The molecule has 1 aromatic carbocycles. The summed E-state index contributed by atoms with van der Waals surface area (Å²) in [5, 5.41) is 0. The summed E-state index contributed by atoms with van der Waals surface area (Å²) in [5.74, 6) is 1.12. The van der Waals surface area contributed by atoms with Crippen molar-refractivity contribution in [2.24, 2.45) is 5.92 Å². The summed E-state index contributed by atoms with van der Waals surface area (Å²) < 4.78 is 5.55. The first-order valence-electron chi connectivity index (χ1n) is 9.20. The van der Waals surface area contributed by atoms with Gasteiger partial charge in [0.25, 0.3) is 0 Å². The van der Waals surface area contributed by atoms with Gasteiger partial charge in [-0.3, -0.25) is 9.59 Å². The van der Waals surface area contributed by atoms with Crippen molar-refractivity contribution in [1.82, 2.24) is 4.90 Å². The summed E-state index contributed by atoms with van der Waals surface area (Å²) in [6.07, 6.45) is 7.92. The minimum Gasteiger partial charge on any atom is -0.426 e. The highest BCUT2D eigenvalue weighted by molar-refractivity contribution is 5.76. The van der Waals surface area contributed by atoms with Gasteiger partial charge >= 0.3 is 5.97 Å². The van der Waals surface area contributed by atoms with Gasteiger partial charge in [0.15, 0.2) is 0 Å². The number of hydrogen-bond donors (Lipinski definition) is 0. The molecule has 1 aliphatic carbocycles. The number of likely N-dealkylation sites (tertiary alicyclic amines) is 1. The van der Waals surface area contributed by atoms with Crippen LogP contribution in [-0.2, 0) is 9.59 Å². The lowest BCUT2D eigenvalue weighted by molar-refractivity contribution is -0.142. The largest absolute Gasteiger partial charge is 0.426 e. The molecule has 3 rings (SSSR count). The summed E-state index contributed by atoms with van der Waals surface area (Å²) in [7, 11) is 0. The molecule has 1 aliphatic heterocycles. The first-order valence-corrected chi connectivity index (χ1v) is 9.20. The van der Waals surface area contributed by atoms with Gasteiger partial charge in [-0.05, 0) is 49.3 Å². The Kier molecular flexibility index (Phi) is 5.54. The smallest absolute Gasteiger partial charge is 0.314 e. The van der Waals surface area contributed by atoms with E-state index >= 15 is 0 Å². The number of nitrogens with zero attached hydrogens (tertiary/aromatic N) is 1. The number of ether oxygens (including phenoxy) is 1. The molecule has 2 aliphatic rings. The van der Waals surface area contributed by atoms with Gasteiger partial charge in [0.2, 0.25) is 5.91 Å². The van der Waals surface area contributed by atoms with Crippen molar-refractivity contribution in [2.45, 2.75) is 57.8 Å². The maximum atomic E-state index is 12.3. The summed E-state index contributed by atoms with van der Waals surface area (Å²) in [4.78, 5) is 25.4. The van der Waals surface area contributed by atoms with Crippen LogP contribution in [0.1, 0.15) is 63.4 Å². The maximum absolute atomic E-state index is 12.3. The van der Waals surface area contributed by atoms with Crippen LogP contribution in [0, 0.1) is 5.92 Å². The van der Waals surface area contributed by atoms with E-state index in [2.05, 4.69) is 12.1 Å². The van der Waals surface area contributed by atoms with E-state index < -0.39 is 0 Å². The Hall–Kier alpha value is -1.84. The van der Waals surface area contributed by atoms with Crippen molar-refractivity contribution in [3.05, 3.63) is 29.8 Å². The minimum absolute atomic E-state index is 0.0834. The number of rotatable bonds is 3. The average molecular weight is 329 g/mol. The fourth-order valence-corrected chi connectivity index (χ4v) is 3.87. The quantitative estimate of drug-likeness (QED) is 0.624. The van der Waals surface area contributed by atoms with Crippen molar-refractivity contribution in [1.29, 1.82) is 0 Å². The average Bonchev–Trinajstić information content (AvgIpc) is 2.63. The van der Waals surface area contributed by atoms with Gasteiger partial charge in [0.05, 0.1) is 5.92 Å². The minimum atomic E-state index is -0.163. The topological polar surface area (TPSA) is 46.6 Å². The first-order chi connectivity index (χ1) is 11.6. The number of carbonyl (C=O) groups is 2. The van der Waals surface area contributed by atoms with E-state index in [1.54, 1.807) is 11.8 Å². The number of carbonyl (C=O) groups excluding carboxylic acids is 2. The zero-order valence-corrected chi connectivity index (χ0v) is 14.5. The molecule has 4 heteroatoms. The second kappa shape index (κ2) is 7.82. The van der Waals surface area contributed by atoms with Crippen LogP contribution in [0.5, 0.6) is 5.75 Å². The van der Waals surface area contributed by atoms with Gasteiger partial charge in [-0.2, -0.15) is 0 Å². The molecule has 24 heavy (non-hydrogen) atoms. The van der Waals surface area contributed by atoms with Crippen molar-refractivity contribution in [2.75, 3.05) is 13.1 Å². The van der Waals surface area contributed by atoms with Crippen molar-refractivity contribution in [3.8, 4) is 5.75 Å². The van der Waals surface area contributed by atoms with Crippen LogP contribution in [0.2, 0.25) is 0 Å². The Labute approximate surface area is 144 Å². The number of hydrogen-bond acceptors (Lipinski definition) is 3. The molecule has 0 radical (unpaired) electrons. The number of esters is 1. The van der Waals surface area contributed by atoms with Crippen molar-refractivity contribution in [3.63, 3.8) is 0 Å². The highest BCUT2D eigenvalue weighted by atomic mass is 16.5. The fraction of sp³-hybridized carbons (Fsp3) is 0.600. The van der Waals surface area contributed by atoms with E-state index in [-0.39, 0.29) is 17.8 Å². The zero-order valence-electron chi connectivity index (χ0n) is 14.5. The Bertz CT molecular complexity index is 567. The summed E-state index contributed by atoms with van der Waals surface area (Å²) >= 11 is 0. The Morgan fingerprint density at radius 1 is 0.958 bits per heavy atom. The summed E-state index contributed by atoms with van der Waals surface area (Å²) in [6.45, 7) is 2.87. The van der Waals surface area contributed by atoms with Crippen LogP contribution in [0.3, 0.4) is 0 Å². The molecular weight excluding hydrogens is 302 g/mol.